The van der Waals surface area contributed by atoms with E-state index in [2.05, 4.69) is 16.1 Å². The number of aryl methyl sites for hydroxylation is 1. The van der Waals surface area contributed by atoms with Crippen molar-refractivity contribution < 1.29 is 14.1 Å². The molecule has 1 fully saturated rings. The number of benzene rings is 1. The number of hydrogen-bond donors (Lipinski definition) is 0. The molecule has 1 aromatic carbocycles. The highest BCUT2D eigenvalue weighted by atomic mass is 16.5. The average molecular weight is 371 g/mol. The fourth-order valence-corrected chi connectivity index (χ4v) is 3.56. The van der Waals surface area contributed by atoms with Crippen molar-refractivity contribution >= 4 is 5.91 Å². The van der Waals surface area contributed by atoms with Crippen molar-refractivity contribution in [3.05, 3.63) is 46.8 Å². The van der Waals surface area contributed by atoms with Gasteiger partial charge in [0.2, 0.25) is 0 Å². The quantitative estimate of drug-likeness (QED) is 0.781. The van der Waals surface area contributed by atoms with Crippen LogP contribution in [0.3, 0.4) is 0 Å². The summed E-state index contributed by atoms with van der Waals surface area (Å²) in [7, 11) is 1.71. The van der Waals surface area contributed by atoms with E-state index in [0.29, 0.717) is 17.0 Å². The maximum atomic E-state index is 13.0. The van der Waals surface area contributed by atoms with E-state index in [1.54, 1.807) is 7.11 Å². The first-order chi connectivity index (χ1) is 13.0. The lowest BCUT2D eigenvalue weighted by atomic mass is 10.0. The molecule has 0 N–H and O–H groups in total. The number of aromatic nitrogens is 1. The third kappa shape index (κ3) is 4.33. The van der Waals surface area contributed by atoms with E-state index >= 15 is 0 Å². The summed E-state index contributed by atoms with van der Waals surface area (Å²) >= 11 is 0. The summed E-state index contributed by atoms with van der Waals surface area (Å²) in [6, 6.07) is 8.15. The summed E-state index contributed by atoms with van der Waals surface area (Å²) < 4.78 is 10.8. The second-order valence-corrected chi connectivity index (χ2v) is 7.36. The maximum absolute atomic E-state index is 13.0. The van der Waals surface area contributed by atoms with Gasteiger partial charge in [-0.05, 0) is 25.0 Å². The summed E-state index contributed by atoms with van der Waals surface area (Å²) in [6.45, 7) is 10.1. The topological polar surface area (TPSA) is 58.8 Å². The Morgan fingerprint density at radius 2 is 1.93 bits per heavy atom. The molecule has 6 nitrogen and oxygen atoms in total. The van der Waals surface area contributed by atoms with E-state index in [1.165, 1.54) is 5.56 Å². The van der Waals surface area contributed by atoms with Gasteiger partial charge in [0.05, 0.1) is 12.8 Å². The highest BCUT2D eigenvalue weighted by molar-refractivity contribution is 5.96. The van der Waals surface area contributed by atoms with E-state index in [-0.39, 0.29) is 11.8 Å². The monoisotopic (exact) mass is 371 g/mol. The molecule has 27 heavy (non-hydrogen) atoms. The summed E-state index contributed by atoms with van der Waals surface area (Å²) in [5.41, 5.74) is 2.55. The lowest BCUT2D eigenvalue weighted by molar-refractivity contribution is 0.0635. The molecule has 0 saturated carbocycles. The smallest absolute Gasteiger partial charge is 0.259 e. The molecule has 0 atom stereocenters. The van der Waals surface area contributed by atoms with Crippen molar-refractivity contribution in [3.8, 4) is 5.75 Å². The normalized spacial score (nSPS) is 15.4. The van der Waals surface area contributed by atoms with Crippen molar-refractivity contribution in [2.75, 3.05) is 39.8 Å². The highest BCUT2D eigenvalue weighted by Crippen LogP contribution is 2.24. The molecule has 146 valence electrons. The van der Waals surface area contributed by atoms with E-state index < -0.39 is 0 Å². The number of nitrogens with zero attached hydrogens (tertiary/aromatic N) is 3. The van der Waals surface area contributed by atoms with Crippen molar-refractivity contribution in [3.63, 3.8) is 0 Å². The second kappa shape index (κ2) is 8.57. The average Bonchev–Trinajstić information content (AvgIpc) is 3.08. The van der Waals surface area contributed by atoms with Gasteiger partial charge in [0.1, 0.15) is 11.3 Å². The predicted octanol–water partition coefficient (Wildman–Crippen LogP) is 3.12. The van der Waals surface area contributed by atoms with Crippen LogP contribution in [0, 0.1) is 6.92 Å². The van der Waals surface area contributed by atoms with Gasteiger partial charge < -0.3 is 14.2 Å². The number of para-hydroxylation sites is 1. The molecule has 0 radical (unpaired) electrons. The lowest BCUT2D eigenvalue weighted by Gasteiger charge is -2.34. The van der Waals surface area contributed by atoms with Crippen LogP contribution in [-0.2, 0) is 6.42 Å². The van der Waals surface area contributed by atoms with Crippen LogP contribution in [0.25, 0.3) is 0 Å². The second-order valence-electron chi connectivity index (χ2n) is 7.36. The first-order valence-corrected chi connectivity index (χ1v) is 9.61. The van der Waals surface area contributed by atoms with Crippen LogP contribution in [0.4, 0.5) is 0 Å². The molecule has 1 aromatic heterocycles. The number of amides is 1. The molecule has 3 rings (SSSR count). The zero-order valence-electron chi connectivity index (χ0n) is 16.7. The van der Waals surface area contributed by atoms with Gasteiger partial charge in [-0.3, -0.25) is 9.69 Å². The largest absolute Gasteiger partial charge is 0.496 e. The van der Waals surface area contributed by atoms with Crippen LogP contribution in [0.2, 0.25) is 0 Å². The molecule has 6 heteroatoms. The van der Waals surface area contributed by atoms with Gasteiger partial charge in [0.25, 0.3) is 5.91 Å². The third-order valence-corrected chi connectivity index (χ3v) is 5.18. The maximum Gasteiger partial charge on any atom is 0.259 e. The molecule has 1 saturated heterocycles. The molecule has 0 aliphatic carbocycles. The molecule has 1 amide bonds. The SMILES string of the molecule is COc1ccccc1CCN1CCN(C(=O)c2c(C)noc2C(C)C)CC1. The minimum atomic E-state index is 0.0434. The first kappa shape index (κ1) is 19.4. The van der Waals surface area contributed by atoms with E-state index in [9.17, 15) is 4.79 Å². The van der Waals surface area contributed by atoms with Crippen molar-refractivity contribution in [1.82, 2.24) is 15.0 Å². The summed E-state index contributed by atoms with van der Waals surface area (Å²) in [5.74, 6) is 1.82. The van der Waals surface area contributed by atoms with E-state index in [0.717, 1.165) is 44.9 Å². The Bertz CT molecular complexity index is 777. The van der Waals surface area contributed by atoms with Gasteiger partial charge in [-0.15, -0.1) is 0 Å². The van der Waals surface area contributed by atoms with Gasteiger partial charge in [0.15, 0.2) is 5.76 Å². The number of hydrogen-bond acceptors (Lipinski definition) is 5. The Morgan fingerprint density at radius 3 is 2.59 bits per heavy atom. The lowest BCUT2D eigenvalue weighted by Crippen LogP contribution is -2.49. The van der Waals surface area contributed by atoms with Crippen LogP contribution in [0.5, 0.6) is 5.75 Å². The van der Waals surface area contributed by atoms with Gasteiger partial charge >= 0.3 is 0 Å². The minimum Gasteiger partial charge on any atom is -0.496 e. The molecule has 0 unspecified atom stereocenters. The molecule has 0 spiro atoms. The van der Waals surface area contributed by atoms with E-state index in [1.807, 2.05) is 43.9 Å². The first-order valence-electron chi connectivity index (χ1n) is 9.61. The minimum absolute atomic E-state index is 0.0434. The van der Waals surface area contributed by atoms with Gasteiger partial charge in [0, 0.05) is 38.6 Å². The summed E-state index contributed by atoms with van der Waals surface area (Å²) in [6.07, 6.45) is 0.945. The Morgan fingerprint density at radius 1 is 1.22 bits per heavy atom. The number of carbonyl (C=O) groups is 1. The predicted molar refractivity (Wildman–Crippen MR) is 104 cm³/mol. The van der Waals surface area contributed by atoms with Crippen LogP contribution < -0.4 is 4.74 Å². The van der Waals surface area contributed by atoms with Crippen LogP contribution in [0.1, 0.15) is 47.1 Å². The number of rotatable bonds is 6. The van der Waals surface area contributed by atoms with Crippen LogP contribution in [0.15, 0.2) is 28.8 Å². The molecule has 1 aliphatic heterocycles. The Balaban J connectivity index is 1.56. The molecule has 2 heterocycles. The highest BCUT2D eigenvalue weighted by Gasteiger charge is 2.28. The molecular weight excluding hydrogens is 342 g/mol. The van der Waals surface area contributed by atoms with Crippen LogP contribution in [-0.4, -0.2) is 60.7 Å². The van der Waals surface area contributed by atoms with Gasteiger partial charge in [-0.2, -0.15) is 0 Å². The van der Waals surface area contributed by atoms with Crippen molar-refractivity contribution in [2.45, 2.75) is 33.1 Å². The molecule has 0 bridgehead atoms. The zero-order chi connectivity index (χ0) is 19.4. The Kier molecular flexibility index (Phi) is 6.16. The van der Waals surface area contributed by atoms with Crippen LogP contribution >= 0.6 is 0 Å². The van der Waals surface area contributed by atoms with E-state index in [4.69, 9.17) is 9.26 Å². The van der Waals surface area contributed by atoms with Gasteiger partial charge in [-0.1, -0.05) is 37.2 Å². The Hall–Kier alpha value is -2.34. The van der Waals surface area contributed by atoms with Crippen molar-refractivity contribution in [1.29, 1.82) is 0 Å². The molecule has 1 aliphatic rings. The summed E-state index contributed by atoms with van der Waals surface area (Å²) in [4.78, 5) is 17.3. The van der Waals surface area contributed by atoms with Crippen molar-refractivity contribution in [2.24, 2.45) is 0 Å². The molecule has 2 aromatic rings. The fraction of sp³-hybridized carbons (Fsp3) is 0.524. The number of methoxy groups -OCH3 is 1. The number of carbonyl (C=O) groups excluding carboxylic acids is 1. The Labute approximate surface area is 161 Å². The third-order valence-electron chi connectivity index (χ3n) is 5.18. The number of ether oxygens (including phenoxy) is 1. The molecular formula is C21H29N3O3. The fourth-order valence-electron chi connectivity index (χ4n) is 3.56. The standard InChI is InChI=1S/C21H29N3O3/c1-15(2)20-19(16(3)22-27-20)21(25)24-13-11-23(12-14-24)10-9-17-7-5-6-8-18(17)26-4/h5-8,15H,9-14H2,1-4H3. The van der Waals surface area contributed by atoms with Gasteiger partial charge in [-0.25, -0.2) is 0 Å². The zero-order valence-corrected chi connectivity index (χ0v) is 16.7. The number of piperazine rings is 1. The summed E-state index contributed by atoms with van der Waals surface area (Å²) in [5, 5.41) is 4.00.